The van der Waals surface area contributed by atoms with Gasteiger partial charge in [-0.3, -0.25) is 0 Å². The molecule has 3 N–H and O–H groups in total. The quantitative estimate of drug-likeness (QED) is 0.507. The largest absolute Gasteiger partial charge is 0.326 e. The van der Waals surface area contributed by atoms with Crippen molar-refractivity contribution < 1.29 is 0 Å². The van der Waals surface area contributed by atoms with E-state index in [4.69, 9.17) is 5.73 Å². The lowest BCUT2D eigenvalue weighted by atomic mass is 10.0. The van der Waals surface area contributed by atoms with E-state index in [1.54, 1.807) is 0 Å². The molecule has 0 aliphatic carbocycles. The van der Waals surface area contributed by atoms with Gasteiger partial charge in [0.15, 0.2) is 0 Å². The molecule has 60 valence electrons. The van der Waals surface area contributed by atoms with Crippen LogP contribution in [0.3, 0.4) is 0 Å². The lowest BCUT2D eigenvalue weighted by Gasteiger charge is -2.34. The highest BCUT2D eigenvalue weighted by molar-refractivity contribution is 4.85. The van der Waals surface area contributed by atoms with E-state index < -0.39 is 0 Å². The third kappa shape index (κ3) is 1.68. The van der Waals surface area contributed by atoms with E-state index in [9.17, 15) is 0 Å². The Morgan fingerprint density at radius 1 is 1.50 bits per heavy atom. The summed E-state index contributed by atoms with van der Waals surface area (Å²) in [6.45, 7) is 2.11. The molecule has 0 radical (unpaired) electrons. The van der Waals surface area contributed by atoms with Crippen molar-refractivity contribution in [1.29, 1.82) is 0 Å². The average Bonchev–Trinajstić information content (AvgIpc) is 1.88. The highest BCUT2D eigenvalue weighted by Gasteiger charge is 2.22. The molecule has 0 saturated carbocycles. The van der Waals surface area contributed by atoms with Crippen LogP contribution in [-0.4, -0.2) is 44.2 Å². The van der Waals surface area contributed by atoms with Crippen LogP contribution < -0.4 is 11.1 Å². The zero-order chi connectivity index (χ0) is 7.56. The van der Waals surface area contributed by atoms with Gasteiger partial charge in [-0.2, -0.15) is 0 Å². The van der Waals surface area contributed by atoms with E-state index in [0.29, 0.717) is 12.1 Å². The van der Waals surface area contributed by atoms with Crippen LogP contribution in [0.15, 0.2) is 0 Å². The van der Waals surface area contributed by atoms with E-state index >= 15 is 0 Å². The van der Waals surface area contributed by atoms with Gasteiger partial charge in [-0.05, 0) is 27.1 Å². The van der Waals surface area contributed by atoms with E-state index in [2.05, 4.69) is 24.3 Å². The summed E-state index contributed by atoms with van der Waals surface area (Å²) in [5.41, 5.74) is 5.90. The van der Waals surface area contributed by atoms with Crippen molar-refractivity contribution in [2.45, 2.75) is 18.5 Å². The minimum atomic E-state index is 0.358. The molecule has 0 amide bonds. The first kappa shape index (κ1) is 7.98. The molecule has 10 heavy (non-hydrogen) atoms. The number of rotatable bonds is 1. The Kier molecular flexibility index (Phi) is 2.65. The van der Waals surface area contributed by atoms with E-state index in [1.165, 1.54) is 0 Å². The van der Waals surface area contributed by atoms with Crippen molar-refractivity contribution >= 4 is 0 Å². The minimum Gasteiger partial charge on any atom is -0.326 e. The van der Waals surface area contributed by atoms with Crippen LogP contribution in [0.2, 0.25) is 0 Å². The van der Waals surface area contributed by atoms with Gasteiger partial charge in [0.05, 0.1) is 0 Å². The van der Waals surface area contributed by atoms with Gasteiger partial charge in [0, 0.05) is 18.6 Å². The highest BCUT2D eigenvalue weighted by atomic mass is 15.2. The molecular formula is C7H17N3. The Morgan fingerprint density at radius 2 is 2.20 bits per heavy atom. The maximum Gasteiger partial charge on any atom is 0.0366 e. The summed E-state index contributed by atoms with van der Waals surface area (Å²) in [5, 5.41) is 3.32. The molecule has 3 heteroatoms. The molecule has 0 spiro atoms. The van der Waals surface area contributed by atoms with Crippen LogP contribution in [-0.2, 0) is 0 Å². The van der Waals surface area contributed by atoms with Gasteiger partial charge in [0.25, 0.3) is 0 Å². The fourth-order valence-corrected chi connectivity index (χ4v) is 1.43. The van der Waals surface area contributed by atoms with Gasteiger partial charge in [-0.1, -0.05) is 0 Å². The fraction of sp³-hybridized carbons (Fsp3) is 1.00. The fourth-order valence-electron chi connectivity index (χ4n) is 1.43. The summed E-state index contributed by atoms with van der Waals surface area (Å²) in [6, 6.07) is 0.880. The predicted octanol–water partition coefficient (Wildman–Crippen LogP) is -0.763. The average molecular weight is 143 g/mol. The molecule has 3 nitrogen and oxygen atoms in total. The molecule has 0 aromatic carbocycles. The summed E-state index contributed by atoms with van der Waals surface area (Å²) in [4.78, 5) is 2.19. The van der Waals surface area contributed by atoms with Gasteiger partial charge in [0.1, 0.15) is 0 Å². The lowest BCUT2D eigenvalue weighted by Crippen LogP contribution is -2.54. The van der Waals surface area contributed by atoms with Crippen LogP contribution in [0.5, 0.6) is 0 Å². The summed E-state index contributed by atoms with van der Waals surface area (Å²) >= 11 is 0. The highest BCUT2D eigenvalue weighted by Crippen LogP contribution is 2.04. The molecule has 1 saturated heterocycles. The van der Waals surface area contributed by atoms with Gasteiger partial charge >= 0.3 is 0 Å². The third-order valence-electron chi connectivity index (χ3n) is 2.17. The van der Waals surface area contributed by atoms with Crippen molar-refractivity contribution in [3.63, 3.8) is 0 Å². The molecule has 1 rings (SSSR count). The van der Waals surface area contributed by atoms with E-state index in [0.717, 1.165) is 19.5 Å². The van der Waals surface area contributed by atoms with Crippen LogP contribution in [0.4, 0.5) is 0 Å². The molecule has 0 aromatic rings. The second-order valence-electron chi connectivity index (χ2n) is 3.19. The molecular weight excluding hydrogens is 126 g/mol. The number of nitrogens with two attached hydrogens (primary N) is 1. The number of piperidine rings is 1. The van der Waals surface area contributed by atoms with Gasteiger partial charge in [-0.15, -0.1) is 0 Å². The monoisotopic (exact) mass is 143 g/mol. The SMILES string of the molecule is CN(C)C1CNCCC1N. The summed E-state index contributed by atoms with van der Waals surface area (Å²) < 4.78 is 0. The molecule has 1 heterocycles. The lowest BCUT2D eigenvalue weighted by molar-refractivity contribution is 0.214. The molecule has 0 bridgehead atoms. The normalized spacial score (nSPS) is 34.8. The third-order valence-corrected chi connectivity index (χ3v) is 2.17. The van der Waals surface area contributed by atoms with Crippen molar-refractivity contribution in [3.05, 3.63) is 0 Å². The van der Waals surface area contributed by atoms with Crippen molar-refractivity contribution in [2.75, 3.05) is 27.2 Å². The maximum absolute atomic E-state index is 5.90. The first-order chi connectivity index (χ1) is 4.72. The molecule has 1 aliphatic rings. The summed E-state index contributed by atoms with van der Waals surface area (Å²) in [5.74, 6) is 0. The van der Waals surface area contributed by atoms with Crippen LogP contribution >= 0.6 is 0 Å². The number of hydrogen-bond donors (Lipinski definition) is 2. The second kappa shape index (κ2) is 3.32. The maximum atomic E-state index is 5.90. The Labute approximate surface area is 62.6 Å². The van der Waals surface area contributed by atoms with E-state index in [1.807, 2.05) is 0 Å². The first-order valence-electron chi connectivity index (χ1n) is 3.84. The Balaban J connectivity index is 2.40. The van der Waals surface area contributed by atoms with Gasteiger partial charge in [0.2, 0.25) is 0 Å². The first-order valence-corrected chi connectivity index (χ1v) is 3.84. The predicted molar refractivity (Wildman–Crippen MR) is 42.9 cm³/mol. The smallest absolute Gasteiger partial charge is 0.0366 e. The van der Waals surface area contributed by atoms with Crippen LogP contribution in [0.25, 0.3) is 0 Å². The number of hydrogen-bond acceptors (Lipinski definition) is 3. The zero-order valence-electron chi connectivity index (χ0n) is 6.80. The van der Waals surface area contributed by atoms with E-state index in [-0.39, 0.29) is 0 Å². The number of nitrogens with zero attached hydrogens (tertiary/aromatic N) is 1. The topological polar surface area (TPSA) is 41.3 Å². The zero-order valence-corrected chi connectivity index (χ0v) is 6.80. The molecule has 0 aromatic heterocycles. The molecule has 2 atom stereocenters. The van der Waals surface area contributed by atoms with Gasteiger partial charge < -0.3 is 16.0 Å². The minimum absolute atomic E-state index is 0.358. The van der Waals surface area contributed by atoms with Gasteiger partial charge in [-0.25, -0.2) is 0 Å². The number of nitrogens with one attached hydrogen (secondary N) is 1. The summed E-state index contributed by atoms with van der Waals surface area (Å²) in [7, 11) is 4.16. The number of likely N-dealkylation sites (N-methyl/N-ethyl adjacent to an activating group) is 1. The van der Waals surface area contributed by atoms with Crippen LogP contribution in [0.1, 0.15) is 6.42 Å². The van der Waals surface area contributed by atoms with Crippen molar-refractivity contribution in [2.24, 2.45) is 5.73 Å². The Bertz CT molecular complexity index is 103. The van der Waals surface area contributed by atoms with Crippen molar-refractivity contribution in [3.8, 4) is 0 Å². The Morgan fingerprint density at radius 3 is 2.60 bits per heavy atom. The standard InChI is InChI=1S/C7H17N3/c1-10(2)7-5-9-4-3-6(7)8/h6-7,9H,3-5,8H2,1-2H3. The van der Waals surface area contributed by atoms with Crippen LogP contribution in [0, 0.1) is 0 Å². The Hall–Kier alpha value is -0.120. The molecule has 1 aliphatic heterocycles. The van der Waals surface area contributed by atoms with Crippen molar-refractivity contribution in [1.82, 2.24) is 10.2 Å². The summed E-state index contributed by atoms with van der Waals surface area (Å²) in [6.07, 6.45) is 1.10. The molecule has 1 fully saturated rings. The second-order valence-corrected chi connectivity index (χ2v) is 3.19. The molecule has 2 unspecified atom stereocenters.